The first kappa shape index (κ1) is 8.45. The molecule has 1 aromatic rings. The van der Waals surface area contributed by atoms with Crippen LogP contribution in [-0.2, 0) is 0 Å². The zero-order valence-corrected chi connectivity index (χ0v) is 8.12. The first-order valence-corrected chi connectivity index (χ1v) is 4.15. The van der Waals surface area contributed by atoms with E-state index in [1.165, 1.54) is 0 Å². The minimum Gasteiger partial charge on any atom is -0.355 e. The molecule has 0 bridgehead atoms. The largest absolute Gasteiger partial charge is 0.355 e. The molecule has 3 nitrogen and oxygen atoms in total. The number of carbonyl (C=O) groups is 1. The first-order chi connectivity index (χ1) is 5.25. The second-order valence-electron chi connectivity index (χ2n) is 1.93. The Morgan fingerprint density at radius 1 is 1.73 bits per heavy atom. The second kappa shape index (κ2) is 3.66. The normalized spacial score (nSPS) is 9.27. The average molecular weight is 262 g/mol. The van der Waals surface area contributed by atoms with Crippen molar-refractivity contribution in [2.45, 2.75) is 0 Å². The second-order valence-corrected chi connectivity index (χ2v) is 3.10. The van der Waals surface area contributed by atoms with E-state index in [1.54, 1.807) is 25.5 Å². The van der Waals surface area contributed by atoms with Crippen LogP contribution < -0.4 is 5.32 Å². The van der Waals surface area contributed by atoms with Gasteiger partial charge in [0.15, 0.2) is 0 Å². The summed E-state index contributed by atoms with van der Waals surface area (Å²) in [5.74, 6) is -0.0949. The highest BCUT2D eigenvalue weighted by molar-refractivity contribution is 14.1. The summed E-state index contributed by atoms with van der Waals surface area (Å²) in [4.78, 5) is 14.9. The lowest BCUT2D eigenvalue weighted by atomic mass is 10.3. The van der Waals surface area contributed by atoms with Crippen LogP contribution in [0, 0.1) is 3.57 Å². The molecule has 1 aromatic heterocycles. The van der Waals surface area contributed by atoms with Crippen molar-refractivity contribution in [2.24, 2.45) is 0 Å². The van der Waals surface area contributed by atoms with E-state index in [0.717, 1.165) is 3.57 Å². The molecule has 1 heterocycles. The number of rotatable bonds is 1. The van der Waals surface area contributed by atoms with Crippen molar-refractivity contribution in [3.63, 3.8) is 0 Å². The standard InChI is InChI=1S/C7H7IN2O/c1-9-7(11)5-4-10-3-2-6(5)8/h2-4H,1H3,(H,9,11). The number of halogens is 1. The van der Waals surface area contributed by atoms with Gasteiger partial charge in [0.2, 0.25) is 0 Å². The molecule has 1 rings (SSSR count). The van der Waals surface area contributed by atoms with Crippen molar-refractivity contribution in [3.8, 4) is 0 Å². The van der Waals surface area contributed by atoms with Crippen molar-refractivity contribution in [2.75, 3.05) is 7.05 Å². The van der Waals surface area contributed by atoms with E-state index < -0.39 is 0 Å². The maximum atomic E-state index is 11.1. The minimum absolute atomic E-state index is 0.0949. The summed E-state index contributed by atoms with van der Waals surface area (Å²) in [5.41, 5.74) is 0.621. The number of nitrogens with one attached hydrogen (secondary N) is 1. The third kappa shape index (κ3) is 1.89. The van der Waals surface area contributed by atoms with Gasteiger partial charge in [-0.3, -0.25) is 9.78 Å². The minimum atomic E-state index is -0.0949. The summed E-state index contributed by atoms with van der Waals surface area (Å²) in [6.45, 7) is 0. The Balaban J connectivity index is 3.03. The molecule has 0 fully saturated rings. The molecule has 1 N–H and O–H groups in total. The zero-order valence-electron chi connectivity index (χ0n) is 5.97. The van der Waals surface area contributed by atoms with Crippen LogP contribution in [-0.4, -0.2) is 17.9 Å². The van der Waals surface area contributed by atoms with Gasteiger partial charge < -0.3 is 5.32 Å². The van der Waals surface area contributed by atoms with E-state index in [-0.39, 0.29) is 5.91 Å². The van der Waals surface area contributed by atoms with Crippen LogP contribution in [0.5, 0.6) is 0 Å². The van der Waals surface area contributed by atoms with Crippen molar-refractivity contribution in [1.82, 2.24) is 10.3 Å². The maximum Gasteiger partial charge on any atom is 0.253 e. The van der Waals surface area contributed by atoms with E-state index in [1.807, 2.05) is 0 Å². The molecule has 0 saturated heterocycles. The van der Waals surface area contributed by atoms with Gasteiger partial charge in [0, 0.05) is 23.0 Å². The molecule has 0 radical (unpaired) electrons. The van der Waals surface area contributed by atoms with Crippen molar-refractivity contribution in [3.05, 3.63) is 27.6 Å². The predicted molar refractivity (Wildman–Crippen MR) is 50.3 cm³/mol. The fourth-order valence-electron chi connectivity index (χ4n) is 0.679. The van der Waals surface area contributed by atoms with E-state index >= 15 is 0 Å². The van der Waals surface area contributed by atoms with Gasteiger partial charge in [-0.1, -0.05) is 0 Å². The third-order valence-electron chi connectivity index (χ3n) is 1.24. The van der Waals surface area contributed by atoms with Crippen molar-refractivity contribution < 1.29 is 4.79 Å². The van der Waals surface area contributed by atoms with Gasteiger partial charge in [-0.2, -0.15) is 0 Å². The van der Waals surface area contributed by atoms with Gasteiger partial charge in [0.25, 0.3) is 5.91 Å². The number of pyridine rings is 1. The van der Waals surface area contributed by atoms with Crippen molar-refractivity contribution >= 4 is 28.5 Å². The highest BCUT2D eigenvalue weighted by atomic mass is 127. The number of aromatic nitrogens is 1. The van der Waals surface area contributed by atoms with Crippen LogP contribution in [0.2, 0.25) is 0 Å². The van der Waals surface area contributed by atoms with Gasteiger partial charge in [-0.05, 0) is 28.7 Å². The van der Waals surface area contributed by atoms with Crippen molar-refractivity contribution in [1.29, 1.82) is 0 Å². The topological polar surface area (TPSA) is 42.0 Å². The molecule has 0 atom stereocenters. The Morgan fingerprint density at radius 3 is 3.00 bits per heavy atom. The highest BCUT2D eigenvalue weighted by Crippen LogP contribution is 2.08. The molecule has 0 aliphatic rings. The zero-order chi connectivity index (χ0) is 8.27. The summed E-state index contributed by atoms with van der Waals surface area (Å²) >= 11 is 2.10. The fourth-order valence-corrected chi connectivity index (χ4v) is 1.22. The van der Waals surface area contributed by atoms with Gasteiger partial charge in [0.1, 0.15) is 0 Å². The van der Waals surface area contributed by atoms with E-state index in [0.29, 0.717) is 5.56 Å². The molecule has 0 aliphatic carbocycles. The molecule has 1 amide bonds. The summed E-state index contributed by atoms with van der Waals surface area (Å²) in [5, 5.41) is 2.54. The molecule has 4 heteroatoms. The molecule has 0 spiro atoms. The predicted octanol–water partition coefficient (Wildman–Crippen LogP) is 1.05. The molecule has 58 valence electrons. The van der Waals surface area contributed by atoms with Crippen LogP contribution in [0.4, 0.5) is 0 Å². The lowest BCUT2D eigenvalue weighted by Crippen LogP contribution is -2.19. The monoisotopic (exact) mass is 262 g/mol. The fraction of sp³-hybridized carbons (Fsp3) is 0.143. The Bertz CT molecular complexity index is 275. The Hall–Kier alpha value is -0.650. The quantitative estimate of drug-likeness (QED) is 0.768. The number of hydrogen-bond acceptors (Lipinski definition) is 2. The highest BCUT2D eigenvalue weighted by Gasteiger charge is 2.05. The van der Waals surface area contributed by atoms with E-state index in [2.05, 4.69) is 32.9 Å². The molecular formula is C7H7IN2O. The summed E-state index contributed by atoms with van der Waals surface area (Å²) in [6.07, 6.45) is 3.22. The molecule has 0 unspecified atom stereocenters. The Kier molecular flexibility index (Phi) is 2.81. The lowest BCUT2D eigenvalue weighted by molar-refractivity contribution is 0.0962. The number of amides is 1. The molecule has 0 aromatic carbocycles. The van der Waals surface area contributed by atoms with Crippen LogP contribution in [0.25, 0.3) is 0 Å². The van der Waals surface area contributed by atoms with E-state index in [9.17, 15) is 4.79 Å². The van der Waals surface area contributed by atoms with E-state index in [4.69, 9.17) is 0 Å². The first-order valence-electron chi connectivity index (χ1n) is 3.07. The average Bonchev–Trinajstić information content (AvgIpc) is 2.04. The number of hydrogen-bond donors (Lipinski definition) is 1. The number of nitrogens with zero attached hydrogens (tertiary/aromatic N) is 1. The summed E-state index contributed by atoms with van der Waals surface area (Å²) in [6, 6.07) is 1.80. The summed E-state index contributed by atoms with van der Waals surface area (Å²) < 4.78 is 0.914. The molecule has 0 aliphatic heterocycles. The van der Waals surface area contributed by atoms with Gasteiger partial charge in [-0.25, -0.2) is 0 Å². The Labute approximate surface area is 78.4 Å². The SMILES string of the molecule is CNC(=O)c1cnccc1I. The number of carbonyl (C=O) groups excluding carboxylic acids is 1. The molecular weight excluding hydrogens is 255 g/mol. The molecule has 0 saturated carbocycles. The smallest absolute Gasteiger partial charge is 0.253 e. The maximum absolute atomic E-state index is 11.1. The van der Waals surface area contributed by atoms with Gasteiger partial charge in [-0.15, -0.1) is 0 Å². The van der Waals surface area contributed by atoms with Crippen LogP contribution in [0.15, 0.2) is 18.5 Å². The van der Waals surface area contributed by atoms with Crippen LogP contribution in [0.3, 0.4) is 0 Å². The Morgan fingerprint density at radius 2 is 2.45 bits per heavy atom. The van der Waals surface area contributed by atoms with Gasteiger partial charge in [0.05, 0.1) is 5.56 Å². The summed E-state index contributed by atoms with van der Waals surface area (Å²) in [7, 11) is 1.60. The lowest BCUT2D eigenvalue weighted by Gasteiger charge is -1.99. The van der Waals surface area contributed by atoms with Gasteiger partial charge >= 0.3 is 0 Å². The van der Waals surface area contributed by atoms with Crippen LogP contribution in [0.1, 0.15) is 10.4 Å². The van der Waals surface area contributed by atoms with Crippen LogP contribution >= 0.6 is 22.6 Å². The third-order valence-corrected chi connectivity index (χ3v) is 2.18. The molecule has 11 heavy (non-hydrogen) atoms.